The Balaban J connectivity index is 1.71. The molecule has 11 nitrogen and oxygen atoms in total. The van der Waals surface area contributed by atoms with Crippen LogP contribution in [0.2, 0.25) is 0 Å². The van der Waals surface area contributed by atoms with Gasteiger partial charge in [-0.3, -0.25) is 4.79 Å². The predicted molar refractivity (Wildman–Crippen MR) is 93.4 cm³/mol. The number of hydrogen-bond acceptors (Lipinski definition) is 11. The zero-order valence-electron chi connectivity index (χ0n) is 17.1. The van der Waals surface area contributed by atoms with Crippen molar-refractivity contribution in [1.82, 2.24) is 0 Å². The summed E-state index contributed by atoms with van der Waals surface area (Å²) in [6.07, 6.45) is -7.53. The summed E-state index contributed by atoms with van der Waals surface area (Å²) in [5.74, 6) is -4.77. The fourth-order valence-electron chi connectivity index (χ4n) is 8.12. The van der Waals surface area contributed by atoms with Gasteiger partial charge in [-0.15, -0.1) is 0 Å². The molecule has 4 aliphatic heterocycles. The first-order chi connectivity index (χ1) is 14.4. The Morgan fingerprint density at radius 1 is 1.10 bits per heavy atom. The average Bonchev–Trinajstić information content (AvgIpc) is 3.42. The molecule has 11 atom stereocenters. The predicted octanol–water partition coefficient (Wildman–Crippen LogP) is -2.40. The van der Waals surface area contributed by atoms with Crippen LogP contribution in [0.3, 0.4) is 0 Å². The molecule has 6 fully saturated rings. The molecule has 4 N–H and O–H groups in total. The highest BCUT2D eigenvalue weighted by Crippen LogP contribution is 2.84. The van der Waals surface area contributed by atoms with Crippen LogP contribution in [0.15, 0.2) is 0 Å². The zero-order chi connectivity index (χ0) is 22.5. The summed E-state index contributed by atoms with van der Waals surface area (Å²) in [5.41, 5.74) is -9.08. The average molecular weight is 440 g/mol. The molecule has 2 saturated carbocycles. The molecule has 0 bridgehead atoms. The molecule has 11 heteroatoms. The summed E-state index contributed by atoms with van der Waals surface area (Å²) < 4.78 is 22.4. The van der Waals surface area contributed by atoms with Crippen molar-refractivity contribution in [2.45, 2.75) is 69.1 Å². The Morgan fingerprint density at radius 2 is 1.77 bits per heavy atom. The number of hydrogen-bond donors (Lipinski definition) is 4. The number of rotatable bonds is 2. The molecule has 4 saturated heterocycles. The van der Waals surface area contributed by atoms with E-state index in [1.807, 2.05) is 0 Å². The number of carbonyl (C=O) groups is 3. The normalized spacial score (nSPS) is 58.5. The lowest BCUT2D eigenvalue weighted by Crippen LogP contribution is -2.67. The van der Waals surface area contributed by atoms with Crippen LogP contribution in [0.4, 0.5) is 0 Å². The fourth-order valence-corrected chi connectivity index (χ4v) is 8.12. The van der Waals surface area contributed by atoms with E-state index in [1.54, 1.807) is 13.8 Å². The van der Waals surface area contributed by atoms with E-state index in [0.29, 0.717) is 0 Å². The summed E-state index contributed by atoms with van der Waals surface area (Å²) in [6, 6.07) is 0. The second-order valence-electron chi connectivity index (χ2n) is 10.5. The number of aliphatic hydroxyl groups excluding tert-OH is 3. The van der Waals surface area contributed by atoms with Gasteiger partial charge >= 0.3 is 17.9 Å². The Labute approximate surface area is 176 Å². The topological polar surface area (TPSA) is 169 Å². The molecule has 6 rings (SSSR count). The lowest BCUT2D eigenvalue weighted by molar-refractivity contribution is -0.240. The lowest BCUT2D eigenvalue weighted by Gasteiger charge is -2.48. The van der Waals surface area contributed by atoms with Crippen molar-refractivity contribution in [3.8, 4) is 0 Å². The van der Waals surface area contributed by atoms with Gasteiger partial charge in [0.1, 0.15) is 12.2 Å². The van der Waals surface area contributed by atoms with Gasteiger partial charge < -0.3 is 39.4 Å². The van der Waals surface area contributed by atoms with Gasteiger partial charge in [0, 0.05) is 6.61 Å². The Morgan fingerprint density at radius 3 is 2.42 bits per heavy atom. The van der Waals surface area contributed by atoms with Gasteiger partial charge in [0.2, 0.25) is 11.9 Å². The summed E-state index contributed by atoms with van der Waals surface area (Å²) in [7, 11) is 0. The van der Waals surface area contributed by atoms with Crippen LogP contribution in [0.5, 0.6) is 0 Å². The second kappa shape index (κ2) is 5.07. The SMILES string of the molecule is CC1C(=O)OC2C(O)C34C5CC(C(C)(C)CO)C36C(OC(=O)C6O)OC4(C(=O)O5)C12O. The van der Waals surface area contributed by atoms with Crippen molar-refractivity contribution in [1.29, 1.82) is 0 Å². The van der Waals surface area contributed by atoms with Gasteiger partial charge in [0.25, 0.3) is 0 Å². The maximum atomic E-state index is 13.4. The standard InChI is InChI=1S/C20H24O11/c1-6-12(24)29-11-9(22)18-8-4-7(16(2,3)5-21)17(18)10(23)13(25)30-15(17)31-20(18,14(26)28-8)19(6,11)27/h6-11,15,21-23,27H,4-5H2,1-3H3. The first-order valence-corrected chi connectivity index (χ1v) is 10.4. The van der Waals surface area contributed by atoms with Gasteiger partial charge in [0.05, 0.1) is 16.7 Å². The number of carbonyl (C=O) groups excluding carboxylic acids is 3. The molecular formula is C20H24O11. The van der Waals surface area contributed by atoms with Crippen molar-refractivity contribution in [3.05, 3.63) is 0 Å². The first kappa shape index (κ1) is 19.9. The van der Waals surface area contributed by atoms with Crippen LogP contribution in [0, 0.1) is 28.1 Å². The Hall–Kier alpha value is -1.79. The Kier molecular flexibility index (Phi) is 3.25. The second-order valence-corrected chi connectivity index (χ2v) is 10.5. The van der Waals surface area contributed by atoms with Gasteiger partial charge in [-0.05, 0) is 24.7 Å². The van der Waals surface area contributed by atoms with Gasteiger partial charge in [-0.25, -0.2) is 9.59 Å². The van der Waals surface area contributed by atoms with E-state index in [0.717, 1.165) is 0 Å². The molecular weight excluding hydrogens is 416 g/mol. The highest BCUT2D eigenvalue weighted by atomic mass is 16.8. The van der Waals surface area contributed by atoms with Crippen LogP contribution < -0.4 is 0 Å². The van der Waals surface area contributed by atoms with E-state index in [1.165, 1.54) is 6.92 Å². The molecule has 0 aromatic rings. The van der Waals surface area contributed by atoms with E-state index in [4.69, 9.17) is 18.9 Å². The van der Waals surface area contributed by atoms with Gasteiger partial charge in [0.15, 0.2) is 17.8 Å². The molecule has 2 aliphatic carbocycles. The molecule has 0 aromatic carbocycles. The van der Waals surface area contributed by atoms with Crippen molar-refractivity contribution in [3.63, 3.8) is 0 Å². The third kappa shape index (κ3) is 1.46. The molecule has 6 aliphatic rings. The zero-order valence-corrected chi connectivity index (χ0v) is 17.1. The number of aliphatic hydroxyl groups is 4. The molecule has 2 spiro atoms. The molecule has 31 heavy (non-hydrogen) atoms. The van der Waals surface area contributed by atoms with E-state index in [-0.39, 0.29) is 13.0 Å². The minimum atomic E-state index is -2.31. The maximum absolute atomic E-state index is 13.4. The van der Waals surface area contributed by atoms with E-state index < -0.39 is 87.9 Å². The molecule has 11 unspecified atom stereocenters. The van der Waals surface area contributed by atoms with Crippen molar-refractivity contribution in [2.75, 3.05) is 6.61 Å². The first-order valence-electron chi connectivity index (χ1n) is 10.4. The van der Waals surface area contributed by atoms with Crippen molar-refractivity contribution < 1.29 is 53.8 Å². The minimum Gasteiger partial charge on any atom is -0.459 e. The van der Waals surface area contributed by atoms with Crippen LogP contribution in [0.25, 0.3) is 0 Å². The quantitative estimate of drug-likeness (QED) is 0.267. The summed E-state index contributed by atoms with van der Waals surface area (Å²) in [6.45, 7) is 4.46. The highest BCUT2D eigenvalue weighted by Gasteiger charge is 3.03. The highest BCUT2D eigenvalue weighted by molar-refractivity contribution is 5.94. The van der Waals surface area contributed by atoms with Gasteiger partial charge in [-0.1, -0.05) is 13.8 Å². The molecule has 0 amide bonds. The van der Waals surface area contributed by atoms with E-state index >= 15 is 0 Å². The maximum Gasteiger partial charge on any atom is 0.343 e. The molecule has 170 valence electrons. The minimum absolute atomic E-state index is 0.0802. The van der Waals surface area contributed by atoms with E-state index in [9.17, 15) is 34.8 Å². The number of fused-ring (bicyclic) bond motifs is 1. The van der Waals surface area contributed by atoms with Crippen LogP contribution in [-0.2, 0) is 33.3 Å². The monoisotopic (exact) mass is 440 g/mol. The van der Waals surface area contributed by atoms with Crippen LogP contribution in [0.1, 0.15) is 27.2 Å². The third-order valence-corrected chi connectivity index (χ3v) is 9.30. The fraction of sp³-hybridized carbons (Fsp3) is 0.850. The Bertz CT molecular complexity index is 947. The smallest absolute Gasteiger partial charge is 0.343 e. The van der Waals surface area contributed by atoms with E-state index in [2.05, 4.69) is 0 Å². The number of ether oxygens (including phenoxy) is 4. The third-order valence-electron chi connectivity index (χ3n) is 9.30. The summed E-state index contributed by atoms with van der Waals surface area (Å²) in [4.78, 5) is 38.3. The van der Waals surface area contributed by atoms with Crippen LogP contribution in [-0.4, -0.2) is 86.8 Å². The number of esters is 3. The molecule has 0 aromatic heterocycles. The molecule has 0 radical (unpaired) electrons. The summed E-state index contributed by atoms with van der Waals surface area (Å²) in [5, 5.41) is 44.8. The summed E-state index contributed by atoms with van der Waals surface area (Å²) >= 11 is 0. The van der Waals surface area contributed by atoms with Crippen molar-refractivity contribution >= 4 is 17.9 Å². The lowest BCUT2D eigenvalue weighted by atomic mass is 9.51. The van der Waals surface area contributed by atoms with Crippen LogP contribution >= 0.6 is 0 Å². The molecule has 4 heterocycles. The van der Waals surface area contributed by atoms with Gasteiger partial charge in [-0.2, -0.15) is 0 Å². The van der Waals surface area contributed by atoms with Crippen molar-refractivity contribution in [2.24, 2.45) is 28.1 Å². The largest absolute Gasteiger partial charge is 0.459 e.